The summed E-state index contributed by atoms with van der Waals surface area (Å²) in [5.41, 5.74) is 1.55. The standard InChI is InChI=1S/C21H26N2O5S/c1-4-16-9-11-17(12-10-16)23(29(3,25)26)15(2)21(24)22-13-18-14-27-19-7-5-6-8-20(19)28-18/h5-12,15,18H,4,13-14H2,1-3H3,(H,22,24)/t15-,18+/m0/s1. The van der Waals surface area contributed by atoms with E-state index in [-0.39, 0.29) is 12.6 Å². The first-order valence-electron chi connectivity index (χ1n) is 9.54. The van der Waals surface area contributed by atoms with Gasteiger partial charge in [0.15, 0.2) is 11.5 Å². The fourth-order valence-electron chi connectivity index (χ4n) is 3.21. The summed E-state index contributed by atoms with van der Waals surface area (Å²) in [6.07, 6.45) is 1.60. The molecule has 156 valence electrons. The second-order valence-corrected chi connectivity index (χ2v) is 8.86. The maximum atomic E-state index is 12.7. The molecular weight excluding hydrogens is 392 g/mol. The number of fused-ring (bicyclic) bond motifs is 1. The molecule has 2 atom stereocenters. The second kappa shape index (κ2) is 8.73. The van der Waals surface area contributed by atoms with Gasteiger partial charge in [-0.1, -0.05) is 31.2 Å². The number of carbonyl (C=O) groups is 1. The minimum atomic E-state index is -3.65. The lowest BCUT2D eigenvalue weighted by atomic mass is 10.1. The van der Waals surface area contributed by atoms with E-state index < -0.39 is 22.0 Å². The van der Waals surface area contributed by atoms with Gasteiger partial charge in [-0.15, -0.1) is 0 Å². The molecule has 3 rings (SSSR count). The molecule has 1 aliphatic heterocycles. The van der Waals surface area contributed by atoms with Gasteiger partial charge in [-0.25, -0.2) is 8.42 Å². The Bertz CT molecular complexity index is 959. The van der Waals surface area contributed by atoms with Crippen molar-refractivity contribution in [3.8, 4) is 11.5 Å². The highest BCUT2D eigenvalue weighted by molar-refractivity contribution is 7.92. The SMILES string of the molecule is CCc1ccc(N([C@@H](C)C(=O)NC[C@@H]2COc3ccccc3O2)S(C)(=O)=O)cc1. The predicted octanol–water partition coefficient (Wildman–Crippen LogP) is 2.36. The van der Waals surface area contributed by atoms with Gasteiger partial charge in [0.1, 0.15) is 18.8 Å². The van der Waals surface area contributed by atoms with Crippen LogP contribution in [0.2, 0.25) is 0 Å². The van der Waals surface area contributed by atoms with E-state index in [1.165, 1.54) is 0 Å². The maximum Gasteiger partial charge on any atom is 0.243 e. The van der Waals surface area contributed by atoms with Gasteiger partial charge in [0, 0.05) is 0 Å². The quantitative estimate of drug-likeness (QED) is 0.746. The van der Waals surface area contributed by atoms with Crippen molar-refractivity contribution in [1.29, 1.82) is 0 Å². The van der Waals surface area contributed by atoms with Crippen molar-refractivity contribution < 1.29 is 22.7 Å². The monoisotopic (exact) mass is 418 g/mol. The van der Waals surface area contributed by atoms with Crippen LogP contribution >= 0.6 is 0 Å². The Hall–Kier alpha value is -2.74. The molecule has 2 aromatic carbocycles. The molecule has 2 aromatic rings. The first kappa shape index (κ1) is 21.0. The zero-order chi connectivity index (χ0) is 21.0. The van der Waals surface area contributed by atoms with Crippen LogP contribution in [0.15, 0.2) is 48.5 Å². The van der Waals surface area contributed by atoms with E-state index in [0.29, 0.717) is 23.8 Å². The van der Waals surface area contributed by atoms with Crippen molar-refractivity contribution >= 4 is 21.6 Å². The summed E-state index contributed by atoms with van der Waals surface area (Å²) in [4.78, 5) is 12.7. The van der Waals surface area contributed by atoms with E-state index in [4.69, 9.17) is 9.47 Å². The molecule has 7 nitrogen and oxygen atoms in total. The number of ether oxygens (including phenoxy) is 2. The van der Waals surface area contributed by atoms with Crippen molar-refractivity contribution in [3.63, 3.8) is 0 Å². The van der Waals surface area contributed by atoms with Crippen LogP contribution in [0.4, 0.5) is 5.69 Å². The van der Waals surface area contributed by atoms with Crippen LogP contribution < -0.4 is 19.1 Å². The molecule has 0 saturated carbocycles. The van der Waals surface area contributed by atoms with Gasteiger partial charge in [-0.3, -0.25) is 9.10 Å². The van der Waals surface area contributed by atoms with Crippen LogP contribution in [0.3, 0.4) is 0 Å². The molecule has 1 amide bonds. The van der Waals surface area contributed by atoms with Gasteiger partial charge in [-0.05, 0) is 43.2 Å². The van der Waals surface area contributed by atoms with Crippen molar-refractivity contribution in [2.75, 3.05) is 23.7 Å². The Morgan fingerprint density at radius 1 is 1.17 bits per heavy atom. The Morgan fingerprint density at radius 3 is 2.45 bits per heavy atom. The molecular formula is C21H26N2O5S. The molecule has 0 saturated heterocycles. The summed E-state index contributed by atoms with van der Waals surface area (Å²) in [6.45, 7) is 4.11. The fourth-order valence-corrected chi connectivity index (χ4v) is 4.39. The zero-order valence-electron chi connectivity index (χ0n) is 16.8. The number of nitrogens with zero attached hydrogens (tertiary/aromatic N) is 1. The lowest BCUT2D eigenvalue weighted by molar-refractivity contribution is -0.122. The number of nitrogens with one attached hydrogen (secondary N) is 1. The molecule has 1 heterocycles. The molecule has 1 N–H and O–H groups in total. The lowest BCUT2D eigenvalue weighted by Crippen LogP contribution is -2.50. The number of hydrogen-bond donors (Lipinski definition) is 1. The number of carbonyl (C=O) groups excluding carboxylic acids is 1. The summed E-state index contributed by atoms with van der Waals surface area (Å²) in [5.74, 6) is 0.888. The highest BCUT2D eigenvalue weighted by Gasteiger charge is 2.30. The Balaban J connectivity index is 1.66. The van der Waals surface area contributed by atoms with E-state index in [1.54, 1.807) is 25.1 Å². The summed E-state index contributed by atoms with van der Waals surface area (Å²) < 4.78 is 37.4. The third kappa shape index (κ3) is 5.00. The average molecular weight is 419 g/mol. The van der Waals surface area contributed by atoms with Crippen molar-refractivity contribution in [3.05, 3.63) is 54.1 Å². The van der Waals surface area contributed by atoms with Crippen LogP contribution in [0, 0.1) is 0 Å². The van der Waals surface area contributed by atoms with Crippen LogP contribution in [0.25, 0.3) is 0 Å². The molecule has 0 aliphatic carbocycles. The molecule has 0 unspecified atom stereocenters. The summed E-state index contributed by atoms with van der Waals surface area (Å²) in [5, 5.41) is 2.78. The van der Waals surface area contributed by atoms with Crippen LogP contribution in [0.1, 0.15) is 19.4 Å². The molecule has 0 spiro atoms. The van der Waals surface area contributed by atoms with Crippen LogP contribution in [-0.4, -0.2) is 45.9 Å². The normalized spacial score (nSPS) is 16.7. The first-order valence-corrected chi connectivity index (χ1v) is 11.4. The van der Waals surface area contributed by atoms with Gasteiger partial charge < -0.3 is 14.8 Å². The molecule has 0 aromatic heterocycles. The zero-order valence-corrected chi connectivity index (χ0v) is 17.6. The number of aryl methyl sites for hydroxylation is 1. The van der Waals surface area contributed by atoms with E-state index in [2.05, 4.69) is 5.32 Å². The van der Waals surface area contributed by atoms with Crippen molar-refractivity contribution in [2.24, 2.45) is 0 Å². The number of benzene rings is 2. The molecule has 0 bridgehead atoms. The Kier molecular flexibility index (Phi) is 6.32. The highest BCUT2D eigenvalue weighted by atomic mass is 32.2. The molecule has 1 aliphatic rings. The Labute approximate surface area is 171 Å². The molecule has 29 heavy (non-hydrogen) atoms. The van der Waals surface area contributed by atoms with Crippen molar-refractivity contribution in [1.82, 2.24) is 5.32 Å². The van der Waals surface area contributed by atoms with E-state index in [0.717, 1.165) is 22.5 Å². The van der Waals surface area contributed by atoms with Crippen LogP contribution in [-0.2, 0) is 21.2 Å². The van der Waals surface area contributed by atoms with Crippen LogP contribution in [0.5, 0.6) is 11.5 Å². The molecule has 0 fully saturated rings. The average Bonchev–Trinajstić information content (AvgIpc) is 2.71. The predicted molar refractivity (Wildman–Crippen MR) is 112 cm³/mol. The van der Waals surface area contributed by atoms with E-state index >= 15 is 0 Å². The fraction of sp³-hybridized carbons (Fsp3) is 0.381. The number of sulfonamides is 1. The molecule has 8 heteroatoms. The first-order chi connectivity index (χ1) is 13.8. The van der Waals surface area contributed by atoms with E-state index in [1.807, 2.05) is 37.3 Å². The highest BCUT2D eigenvalue weighted by Crippen LogP contribution is 2.30. The third-order valence-corrected chi connectivity index (χ3v) is 6.00. The lowest BCUT2D eigenvalue weighted by Gasteiger charge is -2.30. The number of amides is 1. The summed E-state index contributed by atoms with van der Waals surface area (Å²) in [7, 11) is -3.65. The van der Waals surface area contributed by atoms with E-state index in [9.17, 15) is 13.2 Å². The Morgan fingerprint density at radius 2 is 1.83 bits per heavy atom. The summed E-state index contributed by atoms with van der Waals surface area (Å²) >= 11 is 0. The summed E-state index contributed by atoms with van der Waals surface area (Å²) in [6, 6.07) is 13.6. The number of hydrogen-bond acceptors (Lipinski definition) is 5. The number of anilines is 1. The largest absolute Gasteiger partial charge is 0.486 e. The minimum absolute atomic E-state index is 0.212. The van der Waals surface area contributed by atoms with Gasteiger partial charge in [0.25, 0.3) is 0 Å². The number of para-hydroxylation sites is 2. The third-order valence-electron chi connectivity index (χ3n) is 4.76. The van der Waals surface area contributed by atoms with Gasteiger partial charge in [0.05, 0.1) is 18.5 Å². The smallest absolute Gasteiger partial charge is 0.243 e. The minimum Gasteiger partial charge on any atom is -0.486 e. The maximum absolute atomic E-state index is 12.7. The van der Waals surface area contributed by atoms with Gasteiger partial charge in [0.2, 0.25) is 15.9 Å². The van der Waals surface area contributed by atoms with Crippen molar-refractivity contribution in [2.45, 2.75) is 32.4 Å². The second-order valence-electron chi connectivity index (χ2n) is 7.00. The van der Waals surface area contributed by atoms with Gasteiger partial charge in [-0.2, -0.15) is 0 Å². The van der Waals surface area contributed by atoms with Gasteiger partial charge >= 0.3 is 0 Å². The topological polar surface area (TPSA) is 84.9 Å². The molecule has 0 radical (unpaired) electrons. The number of rotatable bonds is 7.